The fourth-order valence-electron chi connectivity index (χ4n) is 1.49. The van der Waals surface area contributed by atoms with Gasteiger partial charge in [0.05, 0.1) is 4.92 Å². The van der Waals surface area contributed by atoms with Crippen LogP contribution in [0.5, 0.6) is 11.6 Å². The Morgan fingerprint density at radius 2 is 2.05 bits per heavy atom. The van der Waals surface area contributed by atoms with Gasteiger partial charge in [-0.3, -0.25) is 10.1 Å². The lowest BCUT2D eigenvalue weighted by molar-refractivity contribution is -0.385. The summed E-state index contributed by atoms with van der Waals surface area (Å²) in [5.41, 5.74) is 6.02. The van der Waals surface area contributed by atoms with E-state index in [9.17, 15) is 10.1 Å². The number of ether oxygens (including phenoxy) is 1. The quantitative estimate of drug-likeness (QED) is 0.687. The number of nitrogen functional groups attached to an aromatic ring is 1. The Morgan fingerprint density at radius 1 is 1.37 bits per heavy atom. The van der Waals surface area contributed by atoms with E-state index in [1.165, 1.54) is 18.5 Å². The Hall–Kier alpha value is -2.22. The van der Waals surface area contributed by atoms with Crippen molar-refractivity contribution in [2.75, 3.05) is 5.73 Å². The molecule has 2 rings (SSSR count). The van der Waals surface area contributed by atoms with Crippen LogP contribution in [0.2, 0.25) is 0 Å². The fraction of sp³-hybridized carbons (Fsp3) is 0.0909. The number of rotatable bonds is 3. The largest absolute Gasteiger partial charge is 0.428 e. The number of nitro benzene ring substituents is 1. The maximum Gasteiger partial charge on any atom is 0.313 e. The second-order valence-electron chi connectivity index (χ2n) is 3.68. The van der Waals surface area contributed by atoms with Crippen molar-refractivity contribution < 1.29 is 9.66 Å². The van der Waals surface area contributed by atoms with E-state index in [1.807, 2.05) is 0 Å². The third-order valence-electron chi connectivity index (χ3n) is 2.31. The highest BCUT2D eigenvalue weighted by molar-refractivity contribution is 9.10. The van der Waals surface area contributed by atoms with Gasteiger partial charge in [0, 0.05) is 28.5 Å². The third-order valence-corrected chi connectivity index (χ3v) is 2.76. The summed E-state index contributed by atoms with van der Waals surface area (Å²) in [4.78, 5) is 18.2. The molecule has 0 radical (unpaired) electrons. The zero-order chi connectivity index (χ0) is 14.0. The number of hydrogen-bond donors (Lipinski definition) is 1. The monoisotopic (exact) mass is 324 g/mol. The van der Waals surface area contributed by atoms with Crippen LogP contribution in [0, 0.1) is 17.0 Å². The summed E-state index contributed by atoms with van der Waals surface area (Å²) in [6.45, 7) is 1.69. The Bertz CT molecular complexity index is 648. The van der Waals surface area contributed by atoms with Gasteiger partial charge in [-0.1, -0.05) is 15.9 Å². The lowest BCUT2D eigenvalue weighted by Crippen LogP contribution is -2.01. The first-order chi connectivity index (χ1) is 8.99. The fourth-order valence-corrected chi connectivity index (χ4v) is 2.05. The summed E-state index contributed by atoms with van der Waals surface area (Å²) >= 11 is 3.20. The molecule has 19 heavy (non-hydrogen) atoms. The molecule has 0 aliphatic carbocycles. The van der Waals surface area contributed by atoms with Crippen molar-refractivity contribution in [1.29, 1.82) is 0 Å². The smallest absolute Gasteiger partial charge is 0.313 e. The Kier molecular flexibility index (Phi) is 3.61. The number of aryl methyl sites for hydroxylation is 1. The summed E-state index contributed by atoms with van der Waals surface area (Å²) in [5, 5.41) is 11.0. The number of nitrogens with two attached hydrogens (primary N) is 1. The molecule has 0 saturated heterocycles. The third kappa shape index (κ3) is 2.79. The van der Waals surface area contributed by atoms with E-state index in [1.54, 1.807) is 13.0 Å². The van der Waals surface area contributed by atoms with Gasteiger partial charge in [-0.2, -0.15) is 0 Å². The van der Waals surface area contributed by atoms with Crippen LogP contribution in [0.4, 0.5) is 11.5 Å². The SMILES string of the molecule is Cc1cc(Br)cc([N+](=O)[O-])c1Oc1nccnc1N. The zero-order valence-electron chi connectivity index (χ0n) is 9.83. The normalized spacial score (nSPS) is 10.2. The van der Waals surface area contributed by atoms with Crippen molar-refractivity contribution in [2.24, 2.45) is 0 Å². The van der Waals surface area contributed by atoms with Gasteiger partial charge < -0.3 is 10.5 Å². The number of halogens is 1. The first kappa shape index (κ1) is 13.2. The molecule has 98 valence electrons. The van der Waals surface area contributed by atoms with Gasteiger partial charge in [-0.05, 0) is 13.0 Å². The second kappa shape index (κ2) is 5.19. The van der Waals surface area contributed by atoms with Crippen molar-refractivity contribution in [1.82, 2.24) is 9.97 Å². The molecule has 0 unspecified atom stereocenters. The Labute approximate surface area is 116 Å². The topological polar surface area (TPSA) is 104 Å². The maximum atomic E-state index is 11.0. The molecule has 2 aromatic rings. The van der Waals surface area contributed by atoms with Crippen molar-refractivity contribution >= 4 is 27.4 Å². The first-order valence-electron chi connectivity index (χ1n) is 5.18. The molecule has 2 N–H and O–H groups in total. The summed E-state index contributed by atoms with van der Waals surface area (Å²) in [7, 11) is 0. The van der Waals surface area contributed by atoms with Crippen LogP contribution in [0.3, 0.4) is 0 Å². The Morgan fingerprint density at radius 3 is 2.68 bits per heavy atom. The molecule has 0 spiro atoms. The first-order valence-corrected chi connectivity index (χ1v) is 5.97. The van der Waals surface area contributed by atoms with Crippen molar-refractivity contribution in [2.45, 2.75) is 6.92 Å². The average Bonchev–Trinajstić information content (AvgIpc) is 2.34. The molecule has 0 amide bonds. The van der Waals surface area contributed by atoms with E-state index >= 15 is 0 Å². The highest BCUT2D eigenvalue weighted by Crippen LogP contribution is 2.37. The number of benzene rings is 1. The number of hydrogen-bond acceptors (Lipinski definition) is 6. The standard InChI is InChI=1S/C11H9BrN4O3/c1-6-4-7(12)5-8(16(17)18)9(6)19-11-10(13)14-2-3-15-11/h2-5H,1H3,(H2,13,14). The molecular formula is C11H9BrN4O3. The minimum Gasteiger partial charge on any atom is -0.428 e. The van der Waals surface area contributed by atoms with Gasteiger partial charge in [-0.15, -0.1) is 0 Å². The van der Waals surface area contributed by atoms with Crippen molar-refractivity contribution in [3.05, 3.63) is 44.7 Å². The molecular weight excluding hydrogens is 316 g/mol. The number of nitrogens with zero attached hydrogens (tertiary/aromatic N) is 3. The van der Waals surface area contributed by atoms with Gasteiger partial charge in [0.1, 0.15) is 0 Å². The van der Waals surface area contributed by atoms with Gasteiger partial charge in [-0.25, -0.2) is 9.97 Å². The van der Waals surface area contributed by atoms with E-state index in [-0.39, 0.29) is 23.1 Å². The van der Waals surface area contributed by atoms with E-state index in [2.05, 4.69) is 25.9 Å². The van der Waals surface area contributed by atoms with Crippen LogP contribution < -0.4 is 10.5 Å². The molecule has 7 nitrogen and oxygen atoms in total. The molecule has 0 atom stereocenters. The number of aromatic nitrogens is 2. The lowest BCUT2D eigenvalue weighted by Gasteiger charge is -2.09. The molecule has 0 aliphatic heterocycles. The summed E-state index contributed by atoms with van der Waals surface area (Å²) in [6, 6.07) is 3.06. The maximum absolute atomic E-state index is 11.0. The Balaban J connectivity index is 2.51. The average molecular weight is 325 g/mol. The molecule has 1 aromatic heterocycles. The van der Waals surface area contributed by atoms with Crippen LogP contribution >= 0.6 is 15.9 Å². The van der Waals surface area contributed by atoms with Crippen molar-refractivity contribution in [3.63, 3.8) is 0 Å². The second-order valence-corrected chi connectivity index (χ2v) is 4.59. The predicted molar refractivity (Wildman–Crippen MR) is 72.1 cm³/mol. The molecule has 8 heteroatoms. The van der Waals surface area contributed by atoms with Crippen LogP contribution in [-0.4, -0.2) is 14.9 Å². The van der Waals surface area contributed by atoms with Crippen LogP contribution in [0.15, 0.2) is 29.0 Å². The summed E-state index contributed by atoms with van der Waals surface area (Å²) in [6.07, 6.45) is 2.80. The lowest BCUT2D eigenvalue weighted by atomic mass is 10.2. The van der Waals surface area contributed by atoms with Gasteiger partial charge in [0.25, 0.3) is 5.88 Å². The molecule has 0 bridgehead atoms. The molecule has 0 fully saturated rings. The zero-order valence-corrected chi connectivity index (χ0v) is 11.4. The van der Waals surface area contributed by atoms with Gasteiger partial charge in [0.15, 0.2) is 5.82 Å². The minimum atomic E-state index is -0.528. The number of nitro groups is 1. The van der Waals surface area contributed by atoms with E-state index in [0.717, 1.165) is 0 Å². The molecule has 0 saturated carbocycles. The van der Waals surface area contributed by atoms with E-state index in [4.69, 9.17) is 10.5 Å². The van der Waals surface area contributed by atoms with E-state index < -0.39 is 4.92 Å². The van der Waals surface area contributed by atoms with Crippen molar-refractivity contribution in [3.8, 4) is 11.6 Å². The summed E-state index contributed by atoms with van der Waals surface area (Å²) in [5.74, 6) is 0.204. The number of anilines is 1. The van der Waals surface area contributed by atoms with Crippen LogP contribution in [0.25, 0.3) is 0 Å². The predicted octanol–water partition coefficient (Wildman–Crippen LogP) is 2.83. The highest BCUT2D eigenvalue weighted by Gasteiger charge is 2.21. The molecule has 0 aliphatic rings. The minimum absolute atomic E-state index is 0.0380. The van der Waals surface area contributed by atoms with Crippen LogP contribution in [-0.2, 0) is 0 Å². The van der Waals surface area contributed by atoms with E-state index in [0.29, 0.717) is 10.0 Å². The van der Waals surface area contributed by atoms with Crippen LogP contribution in [0.1, 0.15) is 5.56 Å². The van der Waals surface area contributed by atoms with Gasteiger partial charge in [0.2, 0.25) is 5.75 Å². The molecule has 1 aromatic carbocycles. The summed E-state index contributed by atoms with van der Waals surface area (Å²) < 4.78 is 6.02. The molecule has 1 heterocycles. The van der Waals surface area contributed by atoms with Gasteiger partial charge >= 0.3 is 5.69 Å². The highest BCUT2D eigenvalue weighted by atomic mass is 79.9.